The number of fused-ring (bicyclic) bond motifs is 1. The van der Waals surface area contributed by atoms with Crippen LogP contribution in [0.5, 0.6) is 0 Å². The lowest BCUT2D eigenvalue weighted by Crippen LogP contribution is -3.06. The van der Waals surface area contributed by atoms with Gasteiger partial charge in [-0.15, -0.1) is 0 Å². The molecule has 2 aliphatic rings. The maximum Gasteiger partial charge on any atom is 0.266 e. The number of carbonyl (C=O) groups excluding carboxylic acids is 1. The van der Waals surface area contributed by atoms with Crippen molar-refractivity contribution in [2.75, 3.05) is 43.1 Å². The summed E-state index contributed by atoms with van der Waals surface area (Å²) in [4.78, 5) is 36.7. The van der Waals surface area contributed by atoms with Crippen molar-refractivity contribution in [3.63, 3.8) is 0 Å². The van der Waals surface area contributed by atoms with E-state index in [0.29, 0.717) is 22.8 Å². The zero-order chi connectivity index (χ0) is 34.5. The van der Waals surface area contributed by atoms with E-state index in [9.17, 15) is 23.6 Å². The Hall–Kier alpha value is -5.42. The quantitative estimate of drug-likeness (QED) is 0.193. The average molecular weight is 668 g/mol. The number of hydrogen-bond acceptors (Lipinski definition) is 8. The number of pyridine rings is 1. The summed E-state index contributed by atoms with van der Waals surface area (Å²) in [5, 5.41) is 19.3. The summed E-state index contributed by atoms with van der Waals surface area (Å²) in [6, 6.07) is 14.7. The van der Waals surface area contributed by atoms with Gasteiger partial charge in [-0.3, -0.25) is 14.2 Å². The van der Waals surface area contributed by atoms with Crippen LogP contribution < -0.4 is 26.2 Å². The summed E-state index contributed by atoms with van der Waals surface area (Å²) in [5.74, 6) is 3.53. The van der Waals surface area contributed by atoms with Gasteiger partial charge in [0.25, 0.3) is 11.5 Å². The molecule has 49 heavy (non-hydrogen) atoms. The van der Waals surface area contributed by atoms with Crippen molar-refractivity contribution in [1.82, 2.24) is 19.9 Å². The molecule has 4 aromatic rings. The van der Waals surface area contributed by atoms with Gasteiger partial charge in [-0.1, -0.05) is 25.8 Å². The van der Waals surface area contributed by atoms with Crippen molar-refractivity contribution in [3.8, 4) is 11.8 Å². The monoisotopic (exact) mass is 667 g/mol. The van der Waals surface area contributed by atoms with E-state index in [1.165, 1.54) is 12.4 Å². The molecule has 11 nitrogen and oxygen atoms in total. The van der Waals surface area contributed by atoms with Gasteiger partial charge in [0.1, 0.15) is 23.1 Å². The van der Waals surface area contributed by atoms with Crippen LogP contribution in [-0.4, -0.2) is 53.3 Å². The third-order valence-electron chi connectivity index (χ3n) is 8.33. The summed E-state index contributed by atoms with van der Waals surface area (Å²) in [6.07, 6.45) is 4.04. The first-order chi connectivity index (χ1) is 23.7. The first-order valence-corrected chi connectivity index (χ1v) is 15.9. The number of carbonyl (C=O) groups is 1. The van der Waals surface area contributed by atoms with Crippen LogP contribution >= 0.6 is 0 Å². The van der Waals surface area contributed by atoms with Crippen LogP contribution in [0.15, 0.2) is 77.6 Å². The van der Waals surface area contributed by atoms with Crippen molar-refractivity contribution in [2.24, 2.45) is 5.92 Å². The molecular formula is C36H35F2N7O4. The van der Waals surface area contributed by atoms with Crippen molar-refractivity contribution in [2.45, 2.75) is 26.4 Å². The first kappa shape index (κ1) is 33.5. The highest BCUT2D eigenvalue weighted by Gasteiger charge is 2.32. The summed E-state index contributed by atoms with van der Waals surface area (Å²) in [5.41, 5.74) is 3.21. The number of hydroxylamine groups is 2. The number of benzene rings is 2. The maximum atomic E-state index is 13.6. The first-order valence-electron chi connectivity index (χ1n) is 15.9. The lowest BCUT2D eigenvalue weighted by atomic mass is 9.92. The maximum absolute atomic E-state index is 13.6. The fourth-order valence-electron chi connectivity index (χ4n) is 5.80. The Morgan fingerprint density at radius 1 is 1.10 bits per heavy atom. The summed E-state index contributed by atoms with van der Waals surface area (Å²) in [6.45, 7) is 6.84. The molecule has 3 N–H and O–H groups in total. The van der Waals surface area contributed by atoms with Crippen LogP contribution in [-0.2, 0) is 11.3 Å². The fourth-order valence-corrected chi connectivity index (χ4v) is 5.80. The van der Waals surface area contributed by atoms with Gasteiger partial charge in [0.15, 0.2) is 17.3 Å². The topological polar surface area (TPSA) is 129 Å². The number of halogens is 2. The number of rotatable bonds is 8. The zero-order valence-corrected chi connectivity index (χ0v) is 27.0. The zero-order valence-electron chi connectivity index (χ0n) is 27.0. The molecule has 4 heterocycles. The van der Waals surface area contributed by atoms with Crippen molar-refractivity contribution in [3.05, 3.63) is 122 Å². The second-order valence-electron chi connectivity index (χ2n) is 12.1. The van der Waals surface area contributed by atoms with Crippen molar-refractivity contribution < 1.29 is 23.4 Å². The minimum Gasteiger partial charge on any atom is -0.628 e. The van der Waals surface area contributed by atoms with Crippen LogP contribution in [0.2, 0.25) is 0 Å². The molecule has 1 amide bonds. The van der Waals surface area contributed by atoms with E-state index in [2.05, 4.69) is 44.5 Å². The van der Waals surface area contributed by atoms with Gasteiger partial charge in [0.2, 0.25) is 0 Å². The number of hydrogen-bond donors (Lipinski definition) is 3. The average Bonchev–Trinajstić information content (AvgIpc) is 3.10. The van der Waals surface area contributed by atoms with Gasteiger partial charge in [0.05, 0.1) is 32.6 Å². The molecular weight excluding hydrogens is 632 g/mol. The second-order valence-corrected chi connectivity index (χ2v) is 12.1. The number of quaternary nitrogens is 1. The smallest absolute Gasteiger partial charge is 0.266 e. The Kier molecular flexibility index (Phi) is 10.1. The molecule has 2 aromatic heterocycles. The molecule has 252 valence electrons. The molecule has 0 bridgehead atoms. The number of amides is 1. The number of nitrogens with zero attached hydrogens (tertiary/aromatic N) is 4. The SMILES string of the molecule is CC(C)C1c2nc(Nc3ccc(N4CCOCC4)cc3)ccc2C=C(C#CCNC(=O)c2cncn(Cc3ccc(F)c(F)c3)c2=O)[NH+]1[O-]. The number of anilines is 3. The van der Waals surface area contributed by atoms with E-state index >= 15 is 0 Å². The summed E-state index contributed by atoms with van der Waals surface area (Å²) >= 11 is 0. The molecule has 2 aromatic carbocycles. The highest BCUT2D eigenvalue weighted by Crippen LogP contribution is 2.29. The molecule has 0 saturated carbocycles. The van der Waals surface area contributed by atoms with Gasteiger partial charge >= 0.3 is 0 Å². The van der Waals surface area contributed by atoms with E-state index in [0.717, 1.165) is 66.1 Å². The van der Waals surface area contributed by atoms with E-state index in [4.69, 9.17) is 9.72 Å². The lowest BCUT2D eigenvalue weighted by Gasteiger charge is -2.36. The Morgan fingerprint density at radius 2 is 1.88 bits per heavy atom. The van der Waals surface area contributed by atoms with E-state index in [-0.39, 0.29) is 29.6 Å². The minimum absolute atomic E-state index is 0.0498. The normalized spacial score (nSPS) is 17.1. The van der Waals surface area contributed by atoms with Gasteiger partial charge < -0.3 is 30.5 Å². The highest BCUT2D eigenvalue weighted by atomic mass is 19.2. The number of allylic oxidation sites excluding steroid dienone is 1. The molecule has 1 fully saturated rings. The van der Waals surface area contributed by atoms with Crippen LogP contribution in [0.1, 0.15) is 47.1 Å². The molecule has 2 unspecified atom stereocenters. The van der Waals surface area contributed by atoms with E-state index < -0.39 is 29.1 Å². The predicted molar refractivity (Wildman–Crippen MR) is 181 cm³/mol. The number of ether oxygens (including phenoxy) is 1. The number of aromatic nitrogens is 3. The molecule has 6 rings (SSSR count). The molecule has 2 aliphatic heterocycles. The van der Waals surface area contributed by atoms with E-state index in [1.54, 1.807) is 6.08 Å². The Bertz CT molecular complexity index is 2000. The molecule has 2 atom stereocenters. The summed E-state index contributed by atoms with van der Waals surface area (Å²) in [7, 11) is 0. The largest absolute Gasteiger partial charge is 0.628 e. The Morgan fingerprint density at radius 3 is 2.61 bits per heavy atom. The Balaban J connectivity index is 1.12. The van der Waals surface area contributed by atoms with E-state index in [1.807, 2.05) is 38.1 Å². The third kappa shape index (κ3) is 7.68. The molecule has 0 spiro atoms. The van der Waals surface area contributed by atoms with Crippen molar-refractivity contribution >= 4 is 29.2 Å². The third-order valence-corrected chi connectivity index (χ3v) is 8.33. The highest BCUT2D eigenvalue weighted by molar-refractivity contribution is 5.93. The lowest BCUT2D eigenvalue weighted by molar-refractivity contribution is -0.843. The number of nitrogens with one attached hydrogen (secondary N) is 3. The second kappa shape index (κ2) is 14.8. The van der Waals surface area contributed by atoms with Gasteiger partial charge in [-0.2, -0.15) is 0 Å². The standard InChI is InChI=1S/C36H35F2N7O4/c1-23(2)34-33-25(6-12-32(42-33)41-26-7-9-27(10-8-26)43-14-16-49-17-15-43)19-28(45(34)48)4-3-13-40-35(46)29-20-39-22-44(36(29)47)21-24-5-11-30(37)31(38)18-24/h5-12,18-20,22-23,34,45H,13-17,21H2,1-2H3,(H,40,46)(H,41,42). The summed E-state index contributed by atoms with van der Waals surface area (Å²) < 4.78 is 33.5. The van der Waals surface area contributed by atoms with Crippen molar-refractivity contribution in [1.29, 1.82) is 0 Å². The predicted octanol–water partition coefficient (Wildman–Crippen LogP) is 3.41. The van der Waals surface area contributed by atoms with Crippen LogP contribution in [0.25, 0.3) is 6.08 Å². The van der Waals surface area contributed by atoms with Gasteiger partial charge in [-0.05, 0) is 60.0 Å². The molecule has 13 heteroatoms. The molecule has 0 aliphatic carbocycles. The molecule has 1 saturated heterocycles. The minimum atomic E-state index is -1.04. The molecule has 0 radical (unpaired) electrons. The van der Waals surface area contributed by atoms with Gasteiger partial charge in [-0.25, -0.2) is 18.7 Å². The Labute approximate surface area is 281 Å². The van der Waals surface area contributed by atoms with Crippen LogP contribution in [0.4, 0.5) is 26.0 Å². The van der Waals surface area contributed by atoms with Crippen LogP contribution in [0.3, 0.4) is 0 Å². The van der Waals surface area contributed by atoms with Crippen LogP contribution in [0, 0.1) is 34.6 Å². The fraction of sp³-hybridized carbons (Fsp3) is 0.278. The number of morpholine rings is 1. The van der Waals surface area contributed by atoms with Gasteiger partial charge in [0, 0.05) is 48.2 Å².